The normalized spacial score (nSPS) is 11.2. The first kappa shape index (κ1) is 9.44. The van der Waals surface area contributed by atoms with Crippen LogP contribution in [0, 0.1) is 0 Å². The predicted octanol–water partition coefficient (Wildman–Crippen LogP) is 1.57. The number of hydrogen-bond donors (Lipinski definition) is 2. The molecule has 0 spiro atoms. The van der Waals surface area contributed by atoms with Gasteiger partial charge in [0.05, 0.1) is 0 Å². The van der Waals surface area contributed by atoms with E-state index in [4.69, 9.17) is 10.2 Å². The Hall–Kier alpha value is -1.65. The maximum absolute atomic E-state index is 12.7. The Labute approximate surface area is 72.2 Å². The summed E-state index contributed by atoms with van der Waals surface area (Å²) >= 11 is 0. The second-order valence-corrected chi connectivity index (χ2v) is 2.43. The monoisotopic (exact) mass is 188 g/mol. The summed E-state index contributed by atoms with van der Waals surface area (Å²) < 4.78 is 25.5. The van der Waals surface area contributed by atoms with Gasteiger partial charge < -0.3 is 10.2 Å². The number of carbonyl (C=O) groups is 1. The summed E-state index contributed by atoms with van der Waals surface area (Å²) in [6.45, 7) is 0. The number of halogens is 2. The molecule has 0 fully saturated rings. The number of aromatic hydroxyl groups is 1. The summed E-state index contributed by atoms with van der Waals surface area (Å²) in [5.74, 6) is -6.59. The lowest BCUT2D eigenvalue weighted by Crippen LogP contribution is -2.25. The maximum atomic E-state index is 12.7. The molecule has 1 rings (SSSR count). The zero-order valence-corrected chi connectivity index (χ0v) is 6.37. The van der Waals surface area contributed by atoms with Gasteiger partial charge in [-0.15, -0.1) is 0 Å². The minimum atomic E-state index is -3.96. The topological polar surface area (TPSA) is 57.5 Å². The molecular formula is C8H6F2O3. The van der Waals surface area contributed by atoms with E-state index in [0.717, 1.165) is 12.1 Å². The van der Waals surface area contributed by atoms with Crippen LogP contribution in [0.4, 0.5) is 8.78 Å². The molecule has 0 saturated heterocycles. The first-order chi connectivity index (χ1) is 5.94. The number of carboxylic acid groups (broad SMARTS) is 1. The van der Waals surface area contributed by atoms with E-state index in [0.29, 0.717) is 6.07 Å². The van der Waals surface area contributed by atoms with Crippen LogP contribution in [0.15, 0.2) is 24.3 Å². The van der Waals surface area contributed by atoms with Crippen molar-refractivity contribution in [2.45, 2.75) is 5.92 Å². The molecule has 0 radical (unpaired) electrons. The fraction of sp³-hybridized carbons (Fsp3) is 0.125. The van der Waals surface area contributed by atoms with Crippen molar-refractivity contribution in [1.82, 2.24) is 0 Å². The van der Waals surface area contributed by atoms with Crippen LogP contribution in [0.2, 0.25) is 0 Å². The van der Waals surface area contributed by atoms with Crippen LogP contribution in [-0.4, -0.2) is 16.2 Å². The quantitative estimate of drug-likeness (QED) is 0.740. The van der Waals surface area contributed by atoms with Crippen molar-refractivity contribution in [3.63, 3.8) is 0 Å². The third-order valence-electron chi connectivity index (χ3n) is 1.48. The SMILES string of the molecule is O=C(O)C(F)(F)c1cccc(O)c1. The maximum Gasteiger partial charge on any atom is 0.379 e. The molecule has 70 valence electrons. The highest BCUT2D eigenvalue weighted by Gasteiger charge is 2.41. The lowest BCUT2D eigenvalue weighted by Gasteiger charge is -2.10. The molecule has 13 heavy (non-hydrogen) atoms. The molecule has 0 aromatic heterocycles. The largest absolute Gasteiger partial charge is 0.508 e. The Balaban J connectivity index is 3.14. The van der Waals surface area contributed by atoms with Gasteiger partial charge in [0.1, 0.15) is 5.75 Å². The number of phenols is 1. The van der Waals surface area contributed by atoms with Gasteiger partial charge in [0.2, 0.25) is 0 Å². The molecule has 0 atom stereocenters. The van der Waals surface area contributed by atoms with Gasteiger partial charge >= 0.3 is 11.9 Å². The zero-order chi connectivity index (χ0) is 10.1. The van der Waals surface area contributed by atoms with Gasteiger partial charge in [0.15, 0.2) is 0 Å². The summed E-state index contributed by atoms with van der Waals surface area (Å²) in [6, 6.07) is 3.99. The van der Waals surface area contributed by atoms with Crippen molar-refractivity contribution in [3.05, 3.63) is 29.8 Å². The summed E-state index contributed by atoms with van der Waals surface area (Å²) in [6.07, 6.45) is 0. The minimum Gasteiger partial charge on any atom is -0.508 e. The Morgan fingerprint density at radius 2 is 2.00 bits per heavy atom. The van der Waals surface area contributed by atoms with Gasteiger partial charge in [-0.3, -0.25) is 0 Å². The summed E-state index contributed by atoms with van der Waals surface area (Å²) in [5, 5.41) is 17.0. The molecule has 5 heteroatoms. The summed E-state index contributed by atoms with van der Waals surface area (Å²) in [5.41, 5.74) is -0.736. The fourth-order valence-electron chi connectivity index (χ4n) is 0.825. The molecular weight excluding hydrogens is 182 g/mol. The third kappa shape index (κ3) is 1.74. The van der Waals surface area contributed by atoms with Crippen LogP contribution >= 0.6 is 0 Å². The molecule has 0 amide bonds. The number of rotatable bonds is 2. The Kier molecular flexibility index (Phi) is 2.18. The van der Waals surface area contributed by atoms with Gasteiger partial charge in [0, 0.05) is 5.56 Å². The van der Waals surface area contributed by atoms with Crippen molar-refractivity contribution in [1.29, 1.82) is 0 Å². The molecule has 1 aromatic carbocycles. The number of phenolic OH excluding ortho intramolecular Hbond substituents is 1. The molecule has 0 heterocycles. The number of benzene rings is 1. The van der Waals surface area contributed by atoms with Crippen molar-refractivity contribution >= 4 is 5.97 Å². The molecule has 0 unspecified atom stereocenters. The van der Waals surface area contributed by atoms with E-state index in [9.17, 15) is 13.6 Å². The number of carboxylic acids is 1. The molecule has 0 bridgehead atoms. The fourth-order valence-corrected chi connectivity index (χ4v) is 0.825. The highest BCUT2D eigenvalue weighted by atomic mass is 19.3. The lowest BCUT2D eigenvalue weighted by atomic mass is 10.1. The summed E-state index contributed by atoms with van der Waals surface area (Å²) in [7, 11) is 0. The van der Waals surface area contributed by atoms with E-state index in [1.807, 2.05) is 0 Å². The van der Waals surface area contributed by atoms with Gasteiger partial charge in [-0.25, -0.2) is 4.79 Å². The molecule has 0 aliphatic carbocycles. The van der Waals surface area contributed by atoms with E-state index in [-0.39, 0.29) is 0 Å². The Morgan fingerprint density at radius 3 is 2.46 bits per heavy atom. The van der Waals surface area contributed by atoms with E-state index in [1.165, 1.54) is 6.07 Å². The van der Waals surface area contributed by atoms with Gasteiger partial charge in [-0.2, -0.15) is 8.78 Å². The van der Waals surface area contributed by atoms with Crippen LogP contribution in [0.3, 0.4) is 0 Å². The van der Waals surface area contributed by atoms with Crippen LogP contribution < -0.4 is 0 Å². The summed E-state index contributed by atoms with van der Waals surface area (Å²) in [4.78, 5) is 10.1. The molecule has 0 saturated carbocycles. The highest BCUT2D eigenvalue weighted by molar-refractivity contribution is 5.77. The minimum absolute atomic E-state index is 0.390. The standard InChI is InChI=1S/C8H6F2O3/c9-8(10,7(12)13)5-2-1-3-6(11)4-5/h1-4,11H,(H,12,13). The van der Waals surface area contributed by atoms with Crippen molar-refractivity contribution in [2.24, 2.45) is 0 Å². The van der Waals surface area contributed by atoms with E-state index in [2.05, 4.69) is 0 Å². The van der Waals surface area contributed by atoms with Gasteiger partial charge in [-0.05, 0) is 12.1 Å². The van der Waals surface area contributed by atoms with Gasteiger partial charge in [-0.1, -0.05) is 12.1 Å². The Bertz CT molecular complexity index is 336. The number of hydrogen-bond acceptors (Lipinski definition) is 2. The average molecular weight is 188 g/mol. The highest BCUT2D eigenvalue weighted by Crippen LogP contribution is 2.29. The third-order valence-corrected chi connectivity index (χ3v) is 1.48. The van der Waals surface area contributed by atoms with Crippen LogP contribution in [0.1, 0.15) is 5.56 Å². The Morgan fingerprint density at radius 1 is 1.38 bits per heavy atom. The molecule has 0 aliphatic heterocycles. The van der Waals surface area contributed by atoms with E-state index >= 15 is 0 Å². The van der Waals surface area contributed by atoms with E-state index in [1.54, 1.807) is 0 Å². The zero-order valence-electron chi connectivity index (χ0n) is 6.37. The molecule has 3 nitrogen and oxygen atoms in total. The number of alkyl halides is 2. The molecule has 2 N–H and O–H groups in total. The molecule has 0 aliphatic rings. The van der Waals surface area contributed by atoms with Crippen molar-refractivity contribution < 1.29 is 23.8 Å². The van der Waals surface area contributed by atoms with Crippen LogP contribution in [-0.2, 0) is 10.7 Å². The smallest absolute Gasteiger partial charge is 0.379 e. The van der Waals surface area contributed by atoms with Gasteiger partial charge in [0.25, 0.3) is 0 Å². The van der Waals surface area contributed by atoms with E-state index < -0.39 is 23.2 Å². The first-order valence-electron chi connectivity index (χ1n) is 3.35. The van der Waals surface area contributed by atoms with Crippen molar-refractivity contribution in [2.75, 3.05) is 0 Å². The average Bonchev–Trinajstić information content (AvgIpc) is 2.04. The van der Waals surface area contributed by atoms with Crippen LogP contribution in [0.5, 0.6) is 5.75 Å². The van der Waals surface area contributed by atoms with Crippen molar-refractivity contribution in [3.8, 4) is 5.75 Å². The first-order valence-corrected chi connectivity index (χ1v) is 3.35. The second-order valence-electron chi connectivity index (χ2n) is 2.43. The molecule has 1 aromatic rings. The predicted molar refractivity (Wildman–Crippen MR) is 39.6 cm³/mol. The second kappa shape index (κ2) is 3.01. The van der Waals surface area contributed by atoms with Crippen LogP contribution in [0.25, 0.3) is 0 Å². The number of aliphatic carboxylic acids is 1. The lowest BCUT2D eigenvalue weighted by molar-refractivity contribution is -0.166.